The molecule has 0 aromatic heterocycles. The first-order valence-corrected chi connectivity index (χ1v) is 37.2. The lowest BCUT2D eigenvalue weighted by atomic mass is 9.99. The normalized spacial score (nSPS) is 14.7. The van der Waals surface area contributed by atoms with Crippen LogP contribution in [0.15, 0.2) is 0 Å². The zero-order valence-electron chi connectivity index (χ0n) is 55.2. The second-order valence-electron chi connectivity index (χ2n) is 25.5. The summed E-state index contributed by atoms with van der Waals surface area (Å²) in [6, 6.07) is 0. The Labute approximate surface area is 517 Å². The fourth-order valence-corrected chi connectivity index (χ4v) is 11.3. The number of phosphoric acid groups is 2. The molecule has 17 nitrogen and oxygen atoms in total. The molecule has 19 heteroatoms. The first-order chi connectivity index (χ1) is 40.6. The van der Waals surface area contributed by atoms with Crippen LogP contribution in [-0.2, 0) is 65.4 Å². The lowest BCUT2D eigenvalue weighted by molar-refractivity contribution is -0.161. The van der Waals surface area contributed by atoms with Crippen LogP contribution in [-0.4, -0.2) is 96.7 Å². The quantitative estimate of drug-likeness (QED) is 0.0222. The van der Waals surface area contributed by atoms with Crippen LogP contribution in [0, 0.1) is 23.7 Å². The second kappa shape index (κ2) is 56.1. The standard InChI is InChI=1S/C66H128O17P2/c1-9-59(8)45-37-29-19-15-11-13-17-21-33-41-49-66(71)83-62(53-77-64(69)47-39-31-25-23-28-36-44-58(6)7)55-81-85(74,75)79-51-60(67)50-78-84(72,73)80-54-61(52-76-63(68)46-38-30-24-22-27-35-43-57(4)5)82-65(70)48-40-32-20-16-12-10-14-18-26-34-42-56(2)3/h56-62,67H,9-55H2,1-8H3,(H,72,73)(H,74,75)/t59?,60-,61+,62+/m0/s1. The Morgan fingerprint density at radius 1 is 0.329 bits per heavy atom. The summed E-state index contributed by atoms with van der Waals surface area (Å²) in [5.74, 6) is 0.775. The molecule has 0 saturated carbocycles. The SMILES string of the molecule is CCC(C)CCCCCCCCCCCCC(=O)O[C@H](COC(=O)CCCCCCCCC(C)C)COP(=O)(O)OC[C@@H](O)COP(=O)(O)OC[C@@H](COC(=O)CCCCCCCCC(C)C)OC(=O)CCCCCCCCCCCCC(C)C. The Bertz CT molecular complexity index is 1700. The Balaban J connectivity index is 5.24. The van der Waals surface area contributed by atoms with Gasteiger partial charge in [0.25, 0.3) is 0 Å². The van der Waals surface area contributed by atoms with Crippen LogP contribution in [0.2, 0.25) is 0 Å². The molecule has 3 unspecified atom stereocenters. The van der Waals surface area contributed by atoms with E-state index in [1.165, 1.54) is 109 Å². The number of rotatable bonds is 63. The van der Waals surface area contributed by atoms with Gasteiger partial charge in [-0.2, -0.15) is 0 Å². The topological polar surface area (TPSA) is 237 Å². The highest BCUT2D eigenvalue weighted by molar-refractivity contribution is 7.47. The van der Waals surface area contributed by atoms with Crippen molar-refractivity contribution in [2.75, 3.05) is 39.6 Å². The van der Waals surface area contributed by atoms with Crippen LogP contribution in [0.4, 0.5) is 0 Å². The minimum atomic E-state index is -4.95. The Hall–Kier alpha value is -1.94. The summed E-state index contributed by atoms with van der Waals surface area (Å²) in [5, 5.41) is 10.5. The van der Waals surface area contributed by atoms with Gasteiger partial charge in [-0.15, -0.1) is 0 Å². The molecule has 6 atom stereocenters. The van der Waals surface area contributed by atoms with E-state index in [0.29, 0.717) is 37.5 Å². The predicted molar refractivity (Wildman–Crippen MR) is 340 cm³/mol. The molecule has 0 spiro atoms. The van der Waals surface area contributed by atoms with Crippen LogP contribution in [0.25, 0.3) is 0 Å². The smallest absolute Gasteiger partial charge is 0.462 e. The number of phosphoric ester groups is 2. The summed E-state index contributed by atoms with van der Waals surface area (Å²) in [6.07, 6.45) is 36.4. The largest absolute Gasteiger partial charge is 0.472 e. The van der Waals surface area contributed by atoms with Crippen molar-refractivity contribution in [2.24, 2.45) is 23.7 Å². The lowest BCUT2D eigenvalue weighted by Gasteiger charge is -2.21. The van der Waals surface area contributed by atoms with E-state index in [-0.39, 0.29) is 25.7 Å². The monoisotopic (exact) mass is 1250 g/mol. The van der Waals surface area contributed by atoms with Gasteiger partial charge in [0.05, 0.1) is 26.4 Å². The van der Waals surface area contributed by atoms with Crippen LogP contribution in [0.1, 0.15) is 319 Å². The number of carbonyl (C=O) groups excluding carboxylic acids is 4. The minimum Gasteiger partial charge on any atom is -0.462 e. The van der Waals surface area contributed by atoms with Crippen molar-refractivity contribution in [3.63, 3.8) is 0 Å². The second-order valence-corrected chi connectivity index (χ2v) is 28.4. The molecule has 0 radical (unpaired) electrons. The summed E-state index contributed by atoms with van der Waals surface area (Å²) in [7, 11) is -9.89. The van der Waals surface area contributed by atoms with Gasteiger partial charge < -0.3 is 33.8 Å². The number of ether oxygens (including phenoxy) is 4. The summed E-state index contributed by atoms with van der Waals surface area (Å²) in [6.45, 7) is 14.0. The maximum atomic E-state index is 13.0. The van der Waals surface area contributed by atoms with Gasteiger partial charge in [0, 0.05) is 25.7 Å². The first-order valence-electron chi connectivity index (χ1n) is 34.2. The van der Waals surface area contributed by atoms with Gasteiger partial charge in [0.1, 0.15) is 19.3 Å². The number of hydrogen-bond acceptors (Lipinski definition) is 15. The molecule has 0 aliphatic rings. The molecule has 0 aromatic rings. The maximum absolute atomic E-state index is 13.0. The molecule has 0 amide bonds. The number of carbonyl (C=O) groups is 4. The zero-order valence-corrected chi connectivity index (χ0v) is 57.0. The van der Waals surface area contributed by atoms with Crippen molar-refractivity contribution in [3.8, 4) is 0 Å². The number of aliphatic hydroxyl groups is 1. The maximum Gasteiger partial charge on any atom is 0.472 e. The number of hydrogen-bond donors (Lipinski definition) is 3. The van der Waals surface area contributed by atoms with E-state index in [2.05, 4.69) is 55.4 Å². The van der Waals surface area contributed by atoms with E-state index < -0.39 is 97.5 Å². The van der Waals surface area contributed by atoms with E-state index in [1.54, 1.807) is 0 Å². The number of aliphatic hydroxyl groups excluding tert-OH is 1. The highest BCUT2D eigenvalue weighted by Gasteiger charge is 2.30. The predicted octanol–water partition coefficient (Wildman–Crippen LogP) is 18.1. The van der Waals surface area contributed by atoms with Gasteiger partial charge in [-0.1, -0.05) is 267 Å². The van der Waals surface area contributed by atoms with Crippen LogP contribution < -0.4 is 0 Å². The van der Waals surface area contributed by atoms with Crippen LogP contribution in [0.3, 0.4) is 0 Å². The van der Waals surface area contributed by atoms with Gasteiger partial charge in [-0.25, -0.2) is 9.13 Å². The fourth-order valence-electron chi connectivity index (χ4n) is 9.75. The van der Waals surface area contributed by atoms with Crippen LogP contribution in [0.5, 0.6) is 0 Å². The van der Waals surface area contributed by atoms with Crippen molar-refractivity contribution >= 4 is 39.5 Å². The third-order valence-electron chi connectivity index (χ3n) is 15.4. The van der Waals surface area contributed by atoms with Crippen molar-refractivity contribution in [1.29, 1.82) is 0 Å². The van der Waals surface area contributed by atoms with Crippen molar-refractivity contribution in [3.05, 3.63) is 0 Å². The average Bonchev–Trinajstić information content (AvgIpc) is 3.47. The molecular formula is C66H128O17P2. The van der Waals surface area contributed by atoms with Crippen molar-refractivity contribution < 1.29 is 80.2 Å². The van der Waals surface area contributed by atoms with E-state index >= 15 is 0 Å². The molecule has 3 N–H and O–H groups in total. The molecule has 0 aliphatic heterocycles. The fraction of sp³-hybridized carbons (Fsp3) is 0.939. The Morgan fingerprint density at radius 2 is 0.565 bits per heavy atom. The molecule has 0 aliphatic carbocycles. The molecule has 0 fully saturated rings. The number of esters is 4. The number of unbranched alkanes of at least 4 members (excludes halogenated alkanes) is 28. The highest BCUT2D eigenvalue weighted by atomic mass is 31.2. The molecule has 0 heterocycles. The van der Waals surface area contributed by atoms with Gasteiger partial charge in [0.15, 0.2) is 12.2 Å². The van der Waals surface area contributed by atoms with Gasteiger partial charge in [-0.05, 0) is 49.4 Å². The van der Waals surface area contributed by atoms with E-state index in [0.717, 1.165) is 115 Å². The zero-order chi connectivity index (χ0) is 63.2. The summed E-state index contributed by atoms with van der Waals surface area (Å²) < 4.78 is 68.1. The molecule has 504 valence electrons. The molecule has 0 bridgehead atoms. The first kappa shape index (κ1) is 83.1. The Kier molecular flexibility index (Phi) is 54.8. The van der Waals surface area contributed by atoms with Crippen molar-refractivity contribution in [1.82, 2.24) is 0 Å². The molecule has 0 aromatic carbocycles. The summed E-state index contributed by atoms with van der Waals surface area (Å²) in [4.78, 5) is 72.3. The third-order valence-corrected chi connectivity index (χ3v) is 17.3. The van der Waals surface area contributed by atoms with Crippen molar-refractivity contribution in [2.45, 2.75) is 337 Å². The van der Waals surface area contributed by atoms with E-state index in [1.807, 2.05) is 0 Å². The van der Waals surface area contributed by atoms with Gasteiger partial charge >= 0.3 is 39.5 Å². The Morgan fingerprint density at radius 3 is 0.835 bits per heavy atom. The molecular weight excluding hydrogens is 1130 g/mol. The van der Waals surface area contributed by atoms with E-state index in [4.69, 9.17) is 37.0 Å². The summed E-state index contributed by atoms with van der Waals surface area (Å²) in [5.41, 5.74) is 0. The minimum absolute atomic E-state index is 0.104. The highest BCUT2D eigenvalue weighted by Crippen LogP contribution is 2.45. The third kappa shape index (κ3) is 59.5. The molecule has 85 heavy (non-hydrogen) atoms. The molecule has 0 rings (SSSR count). The van der Waals surface area contributed by atoms with Gasteiger partial charge in [0.2, 0.25) is 0 Å². The van der Waals surface area contributed by atoms with E-state index in [9.17, 15) is 43.2 Å². The van der Waals surface area contributed by atoms with Gasteiger partial charge in [-0.3, -0.25) is 37.3 Å². The van der Waals surface area contributed by atoms with Crippen LogP contribution >= 0.6 is 15.6 Å². The summed E-state index contributed by atoms with van der Waals surface area (Å²) >= 11 is 0. The average molecular weight is 1260 g/mol. The molecule has 0 saturated heterocycles. The lowest BCUT2D eigenvalue weighted by Crippen LogP contribution is -2.30.